The van der Waals surface area contributed by atoms with Crippen LogP contribution in [0.25, 0.3) is 0 Å². The van der Waals surface area contributed by atoms with Crippen LogP contribution in [0.1, 0.15) is 5.56 Å². The highest BCUT2D eigenvalue weighted by Gasteiger charge is 2.31. The van der Waals surface area contributed by atoms with Crippen LogP contribution in [0.4, 0.5) is 11.5 Å². The summed E-state index contributed by atoms with van der Waals surface area (Å²) in [5.41, 5.74) is 1.00. The highest BCUT2D eigenvalue weighted by Crippen LogP contribution is 2.20. The fourth-order valence-corrected chi connectivity index (χ4v) is 4.17. The van der Waals surface area contributed by atoms with Gasteiger partial charge in [-0.3, -0.25) is 15.0 Å². The molecule has 2 aromatic rings. The highest BCUT2D eigenvalue weighted by atomic mass is 32.2. The third kappa shape index (κ3) is 3.62. The summed E-state index contributed by atoms with van der Waals surface area (Å²) in [7, 11) is -3.50. The Morgan fingerprint density at radius 3 is 2.20 bits per heavy atom. The maximum atomic E-state index is 12.7. The van der Waals surface area contributed by atoms with E-state index in [2.05, 4.69) is 4.98 Å². The van der Waals surface area contributed by atoms with Crippen LogP contribution in [0.3, 0.4) is 0 Å². The Balaban J connectivity index is 1.69. The summed E-state index contributed by atoms with van der Waals surface area (Å²) >= 11 is 0. The van der Waals surface area contributed by atoms with Crippen LogP contribution in [-0.2, 0) is 10.0 Å². The average Bonchev–Trinajstić information content (AvgIpc) is 2.62. The van der Waals surface area contributed by atoms with Gasteiger partial charge in [0.05, 0.1) is 36.0 Å². The normalized spacial score (nSPS) is 16.0. The summed E-state index contributed by atoms with van der Waals surface area (Å²) in [5.74, 6) is 0.734. The van der Waals surface area contributed by atoms with Crippen LogP contribution in [-0.4, -0.2) is 43.8 Å². The van der Waals surface area contributed by atoms with Crippen LogP contribution in [0, 0.1) is 17.0 Å². The SMILES string of the molecule is Cc1ccc(S(=O)(=O)N2CCN(c3ccc([N+](=O)[O-])c[nH+]3)CC2)cc1. The van der Waals surface area contributed by atoms with Gasteiger partial charge >= 0.3 is 5.69 Å². The molecule has 0 atom stereocenters. The Kier molecular flexibility index (Phi) is 4.69. The second kappa shape index (κ2) is 6.77. The van der Waals surface area contributed by atoms with Gasteiger partial charge in [-0.05, 0) is 19.1 Å². The molecule has 1 saturated heterocycles. The average molecular weight is 363 g/mol. The lowest BCUT2D eigenvalue weighted by molar-refractivity contribution is -0.414. The zero-order chi connectivity index (χ0) is 18.0. The van der Waals surface area contributed by atoms with Crippen molar-refractivity contribution in [3.63, 3.8) is 0 Å². The molecule has 2 heterocycles. The third-order valence-corrected chi connectivity index (χ3v) is 6.14. The van der Waals surface area contributed by atoms with E-state index < -0.39 is 14.9 Å². The lowest BCUT2D eigenvalue weighted by Crippen LogP contribution is -2.49. The van der Waals surface area contributed by atoms with Crippen LogP contribution in [0.15, 0.2) is 47.5 Å². The summed E-state index contributed by atoms with van der Waals surface area (Å²) in [5, 5.41) is 10.7. The van der Waals surface area contributed by atoms with Crippen LogP contribution >= 0.6 is 0 Å². The monoisotopic (exact) mass is 363 g/mol. The molecular weight excluding hydrogens is 344 g/mol. The number of hydrogen-bond donors (Lipinski definition) is 0. The topological polar surface area (TPSA) is 97.9 Å². The minimum atomic E-state index is -3.50. The van der Waals surface area contributed by atoms with Gasteiger partial charge in [0.25, 0.3) is 5.82 Å². The molecule has 0 unspecified atom stereocenters. The number of sulfonamides is 1. The Labute approximate surface area is 145 Å². The summed E-state index contributed by atoms with van der Waals surface area (Å²) < 4.78 is 26.8. The molecule has 25 heavy (non-hydrogen) atoms. The number of pyridine rings is 1. The van der Waals surface area contributed by atoms with E-state index in [1.807, 2.05) is 11.8 Å². The van der Waals surface area contributed by atoms with Crippen LogP contribution in [0.5, 0.6) is 0 Å². The number of rotatable bonds is 4. The number of aryl methyl sites for hydroxylation is 1. The number of piperazine rings is 1. The van der Waals surface area contributed by atoms with Crippen LogP contribution < -0.4 is 9.88 Å². The zero-order valence-electron chi connectivity index (χ0n) is 13.8. The molecule has 1 aliphatic heterocycles. The fraction of sp³-hybridized carbons (Fsp3) is 0.312. The van der Waals surface area contributed by atoms with Crippen LogP contribution in [0.2, 0.25) is 0 Å². The number of nitro groups is 1. The number of benzene rings is 1. The van der Waals surface area contributed by atoms with E-state index in [1.165, 1.54) is 16.6 Å². The number of aromatic nitrogens is 1. The maximum Gasteiger partial charge on any atom is 0.308 e. The number of aromatic amines is 1. The maximum absolute atomic E-state index is 12.7. The van der Waals surface area contributed by atoms with E-state index in [1.54, 1.807) is 30.3 Å². The minimum Gasteiger partial charge on any atom is -0.259 e. The van der Waals surface area contributed by atoms with E-state index in [0.717, 1.165) is 11.4 Å². The van der Waals surface area contributed by atoms with E-state index in [9.17, 15) is 18.5 Å². The molecule has 1 N–H and O–H groups in total. The highest BCUT2D eigenvalue weighted by molar-refractivity contribution is 7.89. The largest absolute Gasteiger partial charge is 0.308 e. The van der Waals surface area contributed by atoms with Gasteiger partial charge in [-0.15, -0.1) is 0 Å². The van der Waals surface area contributed by atoms with Crippen molar-refractivity contribution in [2.24, 2.45) is 0 Å². The summed E-state index contributed by atoms with van der Waals surface area (Å²) in [6.07, 6.45) is 1.34. The summed E-state index contributed by atoms with van der Waals surface area (Å²) in [4.78, 5) is 15.4. The van der Waals surface area contributed by atoms with Gasteiger partial charge in [0.2, 0.25) is 10.0 Å². The van der Waals surface area contributed by atoms with Gasteiger partial charge in [-0.25, -0.2) is 13.4 Å². The van der Waals surface area contributed by atoms with E-state index in [0.29, 0.717) is 31.1 Å². The molecule has 0 radical (unpaired) electrons. The molecular formula is C16H19N4O4S+. The first-order valence-electron chi connectivity index (χ1n) is 7.86. The molecule has 132 valence electrons. The van der Waals surface area contributed by atoms with E-state index in [4.69, 9.17) is 0 Å². The smallest absolute Gasteiger partial charge is 0.259 e. The molecule has 3 rings (SSSR count). The molecule has 0 bridgehead atoms. The molecule has 0 spiro atoms. The van der Waals surface area contributed by atoms with Gasteiger partial charge in [0.15, 0.2) is 6.20 Å². The van der Waals surface area contributed by atoms with Crippen molar-refractivity contribution >= 4 is 21.5 Å². The molecule has 1 aliphatic rings. The van der Waals surface area contributed by atoms with Crippen molar-refractivity contribution < 1.29 is 18.3 Å². The molecule has 1 aromatic heterocycles. The molecule has 9 heteroatoms. The first kappa shape index (κ1) is 17.3. The minimum absolute atomic E-state index is 0.00988. The van der Waals surface area contributed by atoms with Gasteiger partial charge in [-0.1, -0.05) is 17.7 Å². The number of hydrogen-bond acceptors (Lipinski definition) is 5. The van der Waals surface area contributed by atoms with Gasteiger partial charge < -0.3 is 0 Å². The quantitative estimate of drug-likeness (QED) is 0.601. The lowest BCUT2D eigenvalue weighted by atomic mass is 10.2. The standard InChI is InChI=1S/C16H18N4O4S/c1-13-2-5-15(6-3-13)25(23,24)19-10-8-18(9-11-19)16-7-4-14(12-17-16)20(21)22/h2-7,12H,8-11H2,1H3/p+1. The molecule has 1 fully saturated rings. The first-order chi connectivity index (χ1) is 11.9. The Morgan fingerprint density at radius 1 is 1.04 bits per heavy atom. The molecule has 0 aliphatic carbocycles. The second-order valence-electron chi connectivity index (χ2n) is 5.89. The zero-order valence-corrected chi connectivity index (χ0v) is 14.6. The van der Waals surface area contributed by atoms with E-state index in [-0.39, 0.29) is 5.69 Å². The fourth-order valence-electron chi connectivity index (χ4n) is 2.75. The first-order valence-corrected chi connectivity index (χ1v) is 9.30. The number of nitrogens with zero attached hydrogens (tertiary/aromatic N) is 3. The lowest BCUT2D eigenvalue weighted by Gasteiger charge is -2.30. The molecule has 0 saturated carbocycles. The Bertz CT molecular complexity index is 858. The molecule has 0 amide bonds. The number of anilines is 1. The van der Waals surface area contributed by atoms with Crippen molar-refractivity contribution in [2.75, 3.05) is 31.1 Å². The Hall–Kier alpha value is -2.52. The molecule has 8 nitrogen and oxygen atoms in total. The van der Waals surface area contributed by atoms with Crippen molar-refractivity contribution in [3.8, 4) is 0 Å². The van der Waals surface area contributed by atoms with Crippen molar-refractivity contribution in [1.29, 1.82) is 0 Å². The van der Waals surface area contributed by atoms with Crippen molar-refractivity contribution in [3.05, 3.63) is 58.3 Å². The van der Waals surface area contributed by atoms with Gasteiger partial charge in [0.1, 0.15) is 0 Å². The summed E-state index contributed by atoms with van der Waals surface area (Å²) in [6.45, 7) is 3.66. The van der Waals surface area contributed by atoms with E-state index >= 15 is 0 Å². The van der Waals surface area contributed by atoms with Crippen molar-refractivity contribution in [2.45, 2.75) is 11.8 Å². The second-order valence-corrected chi connectivity index (χ2v) is 7.83. The predicted molar refractivity (Wildman–Crippen MR) is 91.8 cm³/mol. The Morgan fingerprint density at radius 2 is 1.68 bits per heavy atom. The molecule has 1 aromatic carbocycles. The predicted octanol–water partition coefficient (Wildman–Crippen LogP) is 1.23. The summed E-state index contributed by atoms with van der Waals surface area (Å²) in [6, 6.07) is 9.90. The van der Waals surface area contributed by atoms with Crippen molar-refractivity contribution in [1.82, 2.24) is 4.31 Å². The number of nitrogens with one attached hydrogen (secondary N) is 1. The van der Waals surface area contributed by atoms with Gasteiger partial charge in [0, 0.05) is 12.1 Å². The third-order valence-electron chi connectivity index (χ3n) is 4.23. The number of H-pyrrole nitrogens is 1. The van der Waals surface area contributed by atoms with Gasteiger partial charge in [-0.2, -0.15) is 4.31 Å².